The minimum Gasteiger partial charge on any atom is -0.394 e. The van der Waals surface area contributed by atoms with Gasteiger partial charge in [-0.15, -0.1) is 0 Å². The quantitative estimate of drug-likeness (QED) is 0.745. The molecule has 1 aromatic rings. The van der Waals surface area contributed by atoms with Crippen LogP contribution in [0, 0.1) is 5.92 Å². The van der Waals surface area contributed by atoms with E-state index in [1.165, 1.54) is 0 Å². The summed E-state index contributed by atoms with van der Waals surface area (Å²) >= 11 is 0. The Kier molecular flexibility index (Phi) is 3.76. The predicted molar refractivity (Wildman–Crippen MR) is 64.1 cm³/mol. The Morgan fingerprint density at radius 3 is 2.81 bits per heavy atom. The van der Waals surface area contributed by atoms with Gasteiger partial charge in [0.15, 0.2) is 5.82 Å². The lowest BCUT2D eigenvalue weighted by Gasteiger charge is -2.20. The lowest BCUT2D eigenvalue weighted by atomic mass is 10.1. The standard InChI is InChI=1S/C10H19N5O/c1-7(10(16)12-2)5-14(3)9-8(11)6-15(4)13-9/h6-7H,5,11H2,1-4H3,(H,12,16). The van der Waals surface area contributed by atoms with Crippen LogP contribution < -0.4 is 16.0 Å². The van der Waals surface area contributed by atoms with Crippen molar-refractivity contribution in [2.75, 3.05) is 31.3 Å². The van der Waals surface area contributed by atoms with E-state index in [4.69, 9.17) is 5.73 Å². The average Bonchev–Trinajstić information content (AvgIpc) is 2.56. The topological polar surface area (TPSA) is 76.2 Å². The van der Waals surface area contributed by atoms with Gasteiger partial charge in [-0.1, -0.05) is 6.92 Å². The van der Waals surface area contributed by atoms with Crippen molar-refractivity contribution >= 4 is 17.4 Å². The molecule has 0 aliphatic rings. The van der Waals surface area contributed by atoms with Crippen LogP contribution in [0.15, 0.2) is 6.20 Å². The van der Waals surface area contributed by atoms with Crippen LogP contribution in [0.5, 0.6) is 0 Å². The summed E-state index contributed by atoms with van der Waals surface area (Å²) in [6, 6.07) is 0. The third-order valence-electron chi connectivity index (χ3n) is 2.44. The predicted octanol–water partition coefficient (Wildman–Crippen LogP) is -0.179. The van der Waals surface area contributed by atoms with E-state index in [1.54, 1.807) is 17.9 Å². The third-order valence-corrected chi connectivity index (χ3v) is 2.44. The number of amides is 1. The molecule has 16 heavy (non-hydrogen) atoms. The lowest BCUT2D eigenvalue weighted by Crippen LogP contribution is -2.34. The van der Waals surface area contributed by atoms with E-state index in [0.29, 0.717) is 18.1 Å². The minimum atomic E-state index is -0.101. The molecule has 0 saturated carbocycles. The molecule has 6 nitrogen and oxygen atoms in total. The normalized spacial score (nSPS) is 12.2. The van der Waals surface area contributed by atoms with Gasteiger partial charge >= 0.3 is 0 Å². The zero-order valence-corrected chi connectivity index (χ0v) is 10.2. The van der Waals surface area contributed by atoms with E-state index < -0.39 is 0 Å². The van der Waals surface area contributed by atoms with Crippen LogP contribution in [-0.4, -0.2) is 36.3 Å². The number of nitrogens with two attached hydrogens (primary N) is 1. The van der Waals surface area contributed by atoms with Crippen LogP contribution in [0.3, 0.4) is 0 Å². The first-order valence-corrected chi connectivity index (χ1v) is 5.17. The second-order valence-electron chi connectivity index (χ2n) is 3.98. The average molecular weight is 225 g/mol. The van der Waals surface area contributed by atoms with Gasteiger partial charge in [-0.05, 0) is 0 Å². The molecule has 6 heteroatoms. The minimum absolute atomic E-state index is 0.0151. The Labute approximate surface area is 95.4 Å². The van der Waals surface area contributed by atoms with Crippen LogP contribution in [0.25, 0.3) is 0 Å². The van der Waals surface area contributed by atoms with Gasteiger partial charge < -0.3 is 16.0 Å². The molecule has 1 heterocycles. The van der Waals surface area contributed by atoms with Crippen molar-refractivity contribution in [2.24, 2.45) is 13.0 Å². The molecular formula is C10H19N5O. The zero-order chi connectivity index (χ0) is 12.3. The lowest BCUT2D eigenvalue weighted by molar-refractivity contribution is -0.123. The number of anilines is 2. The summed E-state index contributed by atoms with van der Waals surface area (Å²) in [5.74, 6) is 0.621. The summed E-state index contributed by atoms with van der Waals surface area (Å²) in [5, 5.41) is 6.85. The molecule has 0 spiro atoms. The van der Waals surface area contributed by atoms with Crippen molar-refractivity contribution < 1.29 is 4.79 Å². The molecule has 0 saturated heterocycles. The van der Waals surface area contributed by atoms with E-state index >= 15 is 0 Å². The monoisotopic (exact) mass is 225 g/mol. The van der Waals surface area contributed by atoms with Gasteiger partial charge in [0, 0.05) is 33.9 Å². The van der Waals surface area contributed by atoms with Gasteiger partial charge in [0.25, 0.3) is 0 Å². The number of nitrogen functional groups attached to an aromatic ring is 1. The molecule has 0 fully saturated rings. The molecule has 1 aromatic heterocycles. The first kappa shape index (κ1) is 12.4. The number of carbonyl (C=O) groups is 1. The maximum Gasteiger partial charge on any atom is 0.224 e. The number of carbonyl (C=O) groups excluding carboxylic acids is 1. The number of aromatic nitrogens is 2. The van der Waals surface area contributed by atoms with Gasteiger partial charge in [-0.25, -0.2) is 0 Å². The van der Waals surface area contributed by atoms with Crippen molar-refractivity contribution in [3.63, 3.8) is 0 Å². The van der Waals surface area contributed by atoms with Crippen molar-refractivity contribution in [2.45, 2.75) is 6.92 Å². The Hall–Kier alpha value is -1.72. The second kappa shape index (κ2) is 4.87. The number of nitrogens with zero attached hydrogens (tertiary/aromatic N) is 3. The fourth-order valence-corrected chi connectivity index (χ4v) is 1.62. The van der Waals surface area contributed by atoms with E-state index in [1.807, 2.05) is 25.9 Å². The maximum atomic E-state index is 11.4. The highest BCUT2D eigenvalue weighted by Gasteiger charge is 2.16. The summed E-state index contributed by atoms with van der Waals surface area (Å²) in [4.78, 5) is 13.3. The van der Waals surface area contributed by atoms with Crippen LogP contribution >= 0.6 is 0 Å². The van der Waals surface area contributed by atoms with Gasteiger partial charge in [0.2, 0.25) is 5.91 Å². The van der Waals surface area contributed by atoms with Crippen molar-refractivity contribution in [3.05, 3.63) is 6.20 Å². The molecule has 1 atom stereocenters. The van der Waals surface area contributed by atoms with Crippen LogP contribution in [0.2, 0.25) is 0 Å². The van der Waals surface area contributed by atoms with E-state index in [9.17, 15) is 4.79 Å². The van der Waals surface area contributed by atoms with E-state index in [-0.39, 0.29) is 11.8 Å². The first-order chi connectivity index (χ1) is 7.45. The maximum absolute atomic E-state index is 11.4. The molecule has 1 amide bonds. The molecule has 3 N–H and O–H groups in total. The molecule has 90 valence electrons. The molecule has 0 bridgehead atoms. The van der Waals surface area contributed by atoms with Gasteiger partial charge in [-0.2, -0.15) is 5.10 Å². The number of hydrogen-bond donors (Lipinski definition) is 2. The van der Waals surface area contributed by atoms with Crippen molar-refractivity contribution in [1.82, 2.24) is 15.1 Å². The van der Waals surface area contributed by atoms with Crippen LogP contribution in [-0.2, 0) is 11.8 Å². The fourth-order valence-electron chi connectivity index (χ4n) is 1.62. The highest BCUT2D eigenvalue weighted by Crippen LogP contribution is 2.19. The first-order valence-electron chi connectivity index (χ1n) is 5.17. The Morgan fingerprint density at radius 2 is 2.38 bits per heavy atom. The fraction of sp³-hybridized carbons (Fsp3) is 0.600. The highest BCUT2D eigenvalue weighted by atomic mass is 16.1. The smallest absolute Gasteiger partial charge is 0.224 e. The third kappa shape index (κ3) is 2.65. The Balaban J connectivity index is 2.68. The number of hydrogen-bond acceptors (Lipinski definition) is 4. The highest BCUT2D eigenvalue weighted by molar-refractivity contribution is 5.78. The van der Waals surface area contributed by atoms with Crippen molar-refractivity contribution in [1.29, 1.82) is 0 Å². The number of aryl methyl sites for hydroxylation is 1. The molecule has 0 aliphatic heterocycles. The summed E-state index contributed by atoms with van der Waals surface area (Å²) < 4.78 is 1.66. The SMILES string of the molecule is CNC(=O)C(C)CN(C)c1nn(C)cc1N. The van der Waals surface area contributed by atoms with Crippen molar-refractivity contribution in [3.8, 4) is 0 Å². The molecular weight excluding hydrogens is 206 g/mol. The second-order valence-corrected chi connectivity index (χ2v) is 3.98. The Morgan fingerprint density at radius 1 is 1.75 bits per heavy atom. The molecule has 1 rings (SSSR count). The largest absolute Gasteiger partial charge is 0.394 e. The summed E-state index contributed by atoms with van der Waals surface area (Å²) in [6.07, 6.45) is 1.75. The molecule has 1 unspecified atom stereocenters. The van der Waals surface area contributed by atoms with Gasteiger partial charge in [0.05, 0.1) is 11.6 Å². The Bertz CT molecular complexity index is 373. The van der Waals surface area contributed by atoms with Gasteiger partial charge in [-0.3, -0.25) is 9.48 Å². The molecule has 0 aromatic carbocycles. The van der Waals surface area contributed by atoms with Crippen LogP contribution in [0.1, 0.15) is 6.92 Å². The van der Waals surface area contributed by atoms with E-state index in [2.05, 4.69) is 10.4 Å². The van der Waals surface area contributed by atoms with E-state index in [0.717, 1.165) is 0 Å². The summed E-state index contributed by atoms with van der Waals surface area (Å²) in [6.45, 7) is 2.45. The van der Waals surface area contributed by atoms with Crippen LogP contribution in [0.4, 0.5) is 11.5 Å². The number of rotatable bonds is 4. The molecule has 0 radical (unpaired) electrons. The molecule has 0 aliphatic carbocycles. The van der Waals surface area contributed by atoms with Gasteiger partial charge in [0.1, 0.15) is 0 Å². The zero-order valence-electron chi connectivity index (χ0n) is 10.2. The summed E-state index contributed by atoms with van der Waals surface area (Å²) in [7, 11) is 5.32. The summed E-state index contributed by atoms with van der Waals surface area (Å²) in [5.41, 5.74) is 6.42. The number of nitrogens with one attached hydrogen (secondary N) is 1.